The predicted octanol–water partition coefficient (Wildman–Crippen LogP) is 4.28. The Morgan fingerprint density at radius 1 is 1.24 bits per heavy atom. The van der Waals surface area contributed by atoms with Gasteiger partial charge in [0.15, 0.2) is 0 Å². The van der Waals surface area contributed by atoms with Gasteiger partial charge in [-0.3, -0.25) is 4.79 Å². The van der Waals surface area contributed by atoms with Crippen LogP contribution in [-0.2, 0) is 11.3 Å². The summed E-state index contributed by atoms with van der Waals surface area (Å²) in [4.78, 5) is 23.2. The van der Waals surface area contributed by atoms with E-state index in [0.29, 0.717) is 29.7 Å². The third-order valence-electron chi connectivity index (χ3n) is 5.26. The first kappa shape index (κ1) is 17.9. The highest BCUT2D eigenvalue weighted by Gasteiger charge is 2.35. The summed E-state index contributed by atoms with van der Waals surface area (Å²) in [6.45, 7) is 3.43. The number of aryl methyl sites for hydroxylation is 1. The van der Waals surface area contributed by atoms with Crippen LogP contribution in [0.1, 0.15) is 25.2 Å². The summed E-state index contributed by atoms with van der Waals surface area (Å²) in [5.41, 5.74) is 3.57. The average Bonchev–Trinajstić information content (AvgIpc) is 3.45. The van der Waals surface area contributed by atoms with Crippen molar-refractivity contribution in [3.8, 4) is 11.4 Å². The van der Waals surface area contributed by atoms with Crippen LogP contribution in [0.5, 0.6) is 0 Å². The largest absolute Gasteiger partial charge is 0.339 e. The lowest BCUT2D eigenvalue weighted by Gasteiger charge is -2.16. The van der Waals surface area contributed by atoms with Crippen LogP contribution < -0.4 is 4.90 Å². The Hall–Kier alpha value is -3.19. The number of carbonyl (C=O) groups excluding carboxylic acids is 1. The number of amides is 1. The molecule has 3 heterocycles. The molecule has 5 rings (SSSR count). The van der Waals surface area contributed by atoms with Crippen LogP contribution in [0.2, 0.25) is 5.02 Å². The monoisotopic (exact) mass is 407 g/mol. The Labute approximate surface area is 171 Å². The Kier molecular flexibility index (Phi) is 4.32. The van der Waals surface area contributed by atoms with Crippen LogP contribution in [0.4, 0.5) is 5.69 Å². The van der Waals surface area contributed by atoms with Crippen molar-refractivity contribution in [3.63, 3.8) is 0 Å². The van der Waals surface area contributed by atoms with Gasteiger partial charge in [-0.25, -0.2) is 4.98 Å². The second-order valence-corrected chi connectivity index (χ2v) is 7.51. The molecule has 7 nitrogen and oxygen atoms in total. The van der Waals surface area contributed by atoms with Crippen LogP contribution in [0.3, 0.4) is 0 Å². The molecular formula is C21H18ClN5O2. The van der Waals surface area contributed by atoms with E-state index < -0.39 is 0 Å². The van der Waals surface area contributed by atoms with Gasteiger partial charge >= 0.3 is 0 Å². The van der Waals surface area contributed by atoms with E-state index in [9.17, 15) is 4.79 Å². The molecule has 4 aromatic rings. The van der Waals surface area contributed by atoms with Gasteiger partial charge < -0.3 is 14.0 Å². The third-order valence-corrected chi connectivity index (χ3v) is 5.49. The molecular weight excluding hydrogens is 390 g/mol. The van der Waals surface area contributed by atoms with Crippen molar-refractivity contribution < 1.29 is 9.32 Å². The Bertz CT molecular complexity index is 1210. The minimum Gasteiger partial charge on any atom is -0.339 e. The first-order valence-electron chi connectivity index (χ1n) is 9.47. The molecule has 1 aliphatic heterocycles. The SMILES string of the molecule is CCn1cnc2cc(-c3noc([C@@H]4CC(=O)N(c5cccc(Cl)c5)C4)n3)ccc21. The van der Waals surface area contributed by atoms with E-state index in [2.05, 4.69) is 26.6 Å². The van der Waals surface area contributed by atoms with Gasteiger partial charge in [0, 0.05) is 35.8 Å². The number of halogens is 1. The van der Waals surface area contributed by atoms with Gasteiger partial charge in [-0.05, 0) is 43.3 Å². The number of fused-ring (bicyclic) bond motifs is 1. The normalized spacial score (nSPS) is 16.8. The second kappa shape index (κ2) is 7.00. The molecule has 0 saturated carbocycles. The van der Waals surface area contributed by atoms with Crippen LogP contribution >= 0.6 is 11.6 Å². The van der Waals surface area contributed by atoms with E-state index in [1.54, 1.807) is 17.0 Å². The molecule has 0 radical (unpaired) electrons. The van der Waals surface area contributed by atoms with Gasteiger partial charge in [-0.15, -0.1) is 0 Å². The molecule has 8 heteroatoms. The molecule has 0 N–H and O–H groups in total. The van der Waals surface area contributed by atoms with E-state index in [1.165, 1.54) is 0 Å². The van der Waals surface area contributed by atoms with Gasteiger partial charge in [-0.2, -0.15) is 4.98 Å². The van der Waals surface area contributed by atoms with Crippen molar-refractivity contribution in [1.82, 2.24) is 19.7 Å². The topological polar surface area (TPSA) is 77.0 Å². The number of hydrogen-bond acceptors (Lipinski definition) is 5. The molecule has 0 unspecified atom stereocenters. The Morgan fingerprint density at radius 2 is 2.14 bits per heavy atom. The van der Waals surface area contributed by atoms with Crippen molar-refractivity contribution >= 4 is 34.2 Å². The minimum absolute atomic E-state index is 0.0172. The van der Waals surface area contributed by atoms with Gasteiger partial charge in [-0.1, -0.05) is 22.8 Å². The molecule has 146 valence electrons. The maximum absolute atomic E-state index is 12.5. The molecule has 0 spiro atoms. The molecule has 1 aliphatic rings. The second-order valence-electron chi connectivity index (χ2n) is 7.08. The number of nitrogens with zero attached hydrogens (tertiary/aromatic N) is 5. The highest BCUT2D eigenvalue weighted by atomic mass is 35.5. The van der Waals surface area contributed by atoms with Gasteiger partial charge in [0.2, 0.25) is 17.6 Å². The first-order valence-corrected chi connectivity index (χ1v) is 9.85. The third kappa shape index (κ3) is 3.17. The number of anilines is 1. The summed E-state index contributed by atoms with van der Waals surface area (Å²) >= 11 is 6.06. The first-order chi connectivity index (χ1) is 14.1. The zero-order chi connectivity index (χ0) is 20.0. The van der Waals surface area contributed by atoms with Crippen molar-refractivity contribution in [3.05, 3.63) is 59.7 Å². The summed E-state index contributed by atoms with van der Waals surface area (Å²) in [6, 6.07) is 13.2. The van der Waals surface area contributed by atoms with Crippen molar-refractivity contribution in [2.45, 2.75) is 25.8 Å². The summed E-state index contributed by atoms with van der Waals surface area (Å²) < 4.78 is 7.58. The molecule has 0 aliphatic carbocycles. The Morgan fingerprint density at radius 3 is 2.97 bits per heavy atom. The zero-order valence-electron chi connectivity index (χ0n) is 15.7. The molecule has 1 fully saturated rings. The molecule has 0 bridgehead atoms. The summed E-state index contributed by atoms with van der Waals surface area (Å²) in [5, 5.41) is 4.73. The fourth-order valence-electron chi connectivity index (χ4n) is 3.74. The molecule has 1 atom stereocenters. The van der Waals surface area contributed by atoms with Gasteiger partial charge in [0.25, 0.3) is 0 Å². The molecule has 2 aromatic carbocycles. The number of rotatable bonds is 4. The molecule has 1 amide bonds. The van der Waals surface area contributed by atoms with Crippen LogP contribution in [0.25, 0.3) is 22.4 Å². The van der Waals surface area contributed by atoms with E-state index in [-0.39, 0.29) is 11.8 Å². The fraction of sp³-hybridized carbons (Fsp3) is 0.238. The maximum Gasteiger partial charge on any atom is 0.232 e. The van der Waals surface area contributed by atoms with E-state index in [0.717, 1.165) is 28.8 Å². The summed E-state index contributed by atoms with van der Waals surface area (Å²) in [7, 11) is 0. The van der Waals surface area contributed by atoms with Crippen molar-refractivity contribution in [1.29, 1.82) is 0 Å². The van der Waals surface area contributed by atoms with E-state index >= 15 is 0 Å². The fourth-order valence-corrected chi connectivity index (χ4v) is 3.92. The molecule has 2 aromatic heterocycles. The smallest absolute Gasteiger partial charge is 0.232 e. The number of hydrogen-bond donors (Lipinski definition) is 0. The number of carbonyl (C=O) groups is 1. The summed E-state index contributed by atoms with van der Waals surface area (Å²) in [6.07, 6.45) is 2.15. The lowest BCUT2D eigenvalue weighted by atomic mass is 10.1. The predicted molar refractivity (Wildman–Crippen MR) is 110 cm³/mol. The number of aromatic nitrogens is 4. The number of benzene rings is 2. The van der Waals surface area contributed by atoms with Crippen molar-refractivity contribution in [2.75, 3.05) is 11.4 Å². The van der Waals surface area contributed by atoms with Gasteiger partial charge in [0.1, 0.15) is 0 Å². The quantitative estimate of drug-likeness (QED) is 0.504. The molecule has 29 heavy (non-hydrogen) atoms. The zero-order valence-corrected chi connectivity index (χ0v) is 16.5. The maximum atomic E-state index is 12.5. The van der Waals surface area contributed by atoms with Gasteiger partial charge in [0.05, 0.1) is 23.3 Å². The number of imidazole rings is 1. The lowest BCUT2D eigenvalue weighted by Crippen LogP contribution is -2.24. The average molecular weight is 408 g/mol. The lowest BCUT2D eigenvalue weighted by molar-refractivity contribution is -0.117. The van der Waals surface area contributed by atoms with E-state index in [4.69, 9.17) is 16.1 Å². The highest BCUT2D eigenvalue weighted by Crippen LogP contribution is 2.33. The van der Waals surface area contributed by atoms with Crippen LogP contribution in [-0.4, -0.2) is 32.1 Å². The molecule has 1 saturated heterocycles. The van der Waals surface area contributed by atoms with E-state index in [1.807, 2.05) is 36.7 Å². The summed E-state index contributed by atoms with van der Waals surface area (Å²) in [5.74, 6) is 0.841. The Balaban J connectivity index is 1.39. The standard InChI is InChI=1S/C21H18ClN5O2/c1-2-26-12-23-17-8-13(6-7-18(17)26)20-24-21(29-25-20)14-9-19(28)27(11-14)16-5-3-4-15(22)10-16/h3-8,10,12,14H,2,9,11H2,1H3/t14-/m1/s1. The van der Waals surface area contributed by atoms with Crippen LogP contribution in [0, 0.1) is 0 Å². The van der Waals surface area contributed by atoms with Crippen molar-refractivity contribution in [2.24, 2.45) is 0 Å². The highest BCUT2D eigenvalue weighted by molar-refractivity contribution is 6.30. The van der Waals surface area contributed by atoms with Crippen LogP contribution in [0.15, 0.2) is 53.3 Å². The minimum atomic E-state index is -0.147.